The molecule has 3 aromatic heterocycles. The molecule has 0 radical (unpaired) electrons. The van der Waals surface area contributed by atoms with Crippen LogP contribution in [0.15, 0.2) is 77.9 Å². The number of nitrogens with one attached hydrogen (secondary N) is 2. The number of anilines is 1. The zero-order valence-corrected chi connectivity index (χ0v) is 22.9. The molecule has 12 heteroatoms. The summed E-state index contributed by atoms with van der Waals surface area (Å²) in [5, 5.41) is 3.82. The Morgan fingerprint density at radius 1 is 1.07 bits per heavy atom. The van der Waals surface area contributed by atoms with Crippen LogP contribution in [0.25, 0.3) is 27.5 Å². The maximum atomic E-state index is 14.0. The number of hydrogen-bond donors (Lipinski definition) is 3. The molecule has 5 rings (SSSR count). The van der Waals surface area contributed by atoms with Crippen LogP contribution in [0.2, 0.25) is 0 Å². The van der Waals surface area contributed by atoms with Gasteiger partial charge in [-0.3, -0.25) is 19.1 Å². The summed E-state index contributed by atoms with van der Waals surface area (Å²) in [6.45, 7) is 1.60. The highest BCUT2D eigenvalue weighted by Gasteiger charge is 2.23. The Labute approximate surface area is 235 Å². The maximum Gasteiger partial charge on any atom is 0.267 e. The highest BCUT2D eigenvalue weighted by atomic mass is 32.2. The molecule has 0 aliphatic carbocycles. The summed E-state index contributed by atoms with van der Waals surface area (Å²) in [5.74, 6) is 5.42. The second-order valence-electron chi connectivity index (χ2n) is 9.20. The van der Waals surface area contributed by atoms with Crippen molar-refractivity contribution in [2.75, 3.05) is 18.5 Å². The van der Waals surface area contributed by atoms with E-state index in [0.29, 0.717) is 27.7 Å². The summed E-state index contributed by atoms with van der Waals surface area (Å²) < 4.78 is 26.5. The molecular weight excluding hydrogens is 542 g/mol. The standard InChI is InChI=1S/C29H25N7O4S/c1-18(34-28(37)24-25-20(11-7-15-31-25)17-32-26(24)30)27-35-22-14-6-9-19(10-8-16-33-41(2,39)40)23(22)29(38)36(27)21-12-4-3-5-13-21/h3-7,9,11-15,17-18,33H,16H2,1-2H3,(H2,30,32)(H,34,37)/t18-/m0/s1. The van der Waals surface area contributed by atoms with Gasteiger partial charge in [-0.1, -0.05) is 36.1 Å². The smallest absolute Gasteiger partial charge is 0.267 e. The number of nitrogen functional groups attached to an aromatic ring is 1. The van der Waals surface area contributed by atoms with Crippen molar-refractivity contribution in [3.63, 3.8) is 0 Å². The molecule has 0 bridgehead atoms. The molecule has 2 aromatic carbocycles. The summed E-state index contributed by atoms with van der Waals surface area (Å²) in [4.78, 5) is 40.8. The van der Waals surface area contributed by atoms with Crippen LogP contribution in [0, 0.1) is 11.8 Å². The topological polar surface area (TPSA) is 162 Å². The van der Waals surface area contributed by atoms with Crippen molar-refractivity contribution >= 4 is 43.6 Å². The van der Waals surface area contributed by atoms with Gasteiger partial charge in [-0.05, 0) is 43.3 Å². The molecule has 4 N–H and O–H groups in total. The van der Waals surface area contributed by atoms with Crippen LogP contribution < -0.4 is 21.3 Å². The van der Waals surface area contributed by atoms with Gasteiger partial charge in [0.15, 0.2) is 0 Å². The van der Waals surface area contributed by atoms with Gasteiger partial charge in [-0.15, -0.1) is 0 Å². The van der Waals surface area contributed by atoms with Crippen LogP contribution in [0.5, 0.6) is 0 Å². The molecule has 206 valence electrons. The van der Waals surface area contributed by atoms with Crippen molar-refractivity contribution in [2.45, 2.75) is 13.0 Å². The normalized spacial score (nSPS) is 12.0. The summed E-state index contributed by atoms with van der Waals surface area (Å²) >= 11 is 0. The number of carbonyl (C=O) groups excluding carboxylic acids is 1. The fourth-order valence-electron chi connectivity index (χ4n) is 4.39. The first kappa shape index (κ1) is 27.4. The van der Waals surface area contributed by atoms with Gasteiger partial charge >= 0.3 is 0 Å². The highest BCUT2D eigenvalue weighted by Crippen LogP contribution is 2.23. The number of sulfonamides is 1. The summed E-state index contributed by atoms with van der Waals surface area (Å²) in [5.41, 5.74) is 7.52. The minimum Gasteiger partial charge on any atom is -0.383 e. The molecule has 0 spiro atoms. The van der Waals surface area contributed by atoms with Crippen LogP contribution in [0.4, 0.5) is 5.82 Å². The van der Waals surface area contributed by atoms with E-state index in [1.165, 1.54) is 4.57 Å². The largest absolute Gasteiger partial charge is 0.383 e. The lowest BCUT2D eigenvalue weighted by Gasteiger charge is -2.20. The number of rotatable bonds is 6. The van der Waals surface area contributed by atoms with Crippen LogP contribution in [0.3, 0.4) is 0 Å². The third-order valence-corrected chi connectivity index (χ3v) is 6.89. The Balaban J connectivity index is 1.61. The number of carbonyl (C=O) groups is 1. The van der Waals surface area contributed by atoms with Crippen LogP contribution >= 0.6 is 0 Å². The van der Waals surface area contributed by atoms with E-state index < -0.39 is 27.5 Å². The van der Waals surface area contributed by atoms with Gasteiger partial charge in [0, 0.05) is 23.3 Å². The molecule has 1 atom stereocenters. The number of para-hydroxylation sites is 1. The predicted molar refractivity (Wildman–Crippen MR) is 157 cm³/mol. The lowest BCUT2D eigenvalue weighted by atomic mass is 10.1. The maximum absolute atomic E-state index is 14.0. The lowest BCUT2D eigenvalue weighted by Crippen LogP contribution is -2.34. The number of aromatic nitrogens is 4. The first-order chi connectivity index (χ1) is 19.6. The molecule has 0 saturated carbocycles. The molecular formula is C29H25N7O4S. The number of benzene rings is 2. The van der Waals surface area contributed by atoms with E-state index in [4.69, 9.17) is 10.7 Å². The van der Waals surface area contributed by atoms with E-state index in [1.807, 2.05) is 6.07 Å². The van der Waals surface area contributed by atoms with Crippen molar-refractivity contribution in [1.82, 2.24) is 29.6 Å². The van der Waals surface area contributed by atoms with E-state index in [9.17, 15) is 18.0 Å². The Morgan fingerprint density at radius 3 is 2.61 bits per heavy atom. The first-order valence-corrected chi connectivity index (χ1v) is 14.4. The van der Waals surface area contributed by atoms with Crippen molar-refractivity contribution in [3.8, 4) is 17.5 Å². The van der Waals surface area contributed by atoms with Crippen LogP contribution in [-0.2, 0) is 10.0 Å². The quantitative estimate of drug-likeness (QED) is 0.263. The first-order valence-electron chi connectivity index (χ1n) is 12.5. The van der Waals surface area contributed by atoms with Gasteiger partial charge < -0.3 is 11.1 Å². The van der Waals surface area contributed by atoms with Gasteiger partial charge in [0.25, 0.3) is 11.5 Å². The fraction of sp³-hybridized carbons (Fsp3) is 0.138. The Hall–Kier alpha value is -5.12. The molecule has 0 fully saturated rings. The molecule has 0 saturated heterocycles. The Morgan fingerprint density at radius 2 is 1.85 bits per heavy atom. The summed E-state index contributed by atoms with van der Waals surface area (Å²) in [7, 11) is -3.41. The average molecular weight is 568 g/mol. The SMILES string of the molecule is C[C@H](NC(=O)c1c(N)ncc2cccnc12)c1nc2cccc(C#CCNS(C)(=O)=O)c2c(=O)n1-c1ccccc1. The van der Waals surface area contributed by atoms with Crippen molar-refractivity contribution in [3.05, 3.63) is 100 Å². The molecule has 5 aromatic rings. The number of nitrogens with two attached hydrogens (primary N) is 1. The fourth-order valence-corrected chi connectivity index (χ4v) is 4.72. The number of fused-ring (bicyclic) bond motifs is 2. The van der Waals surface area contributed by atoms with E-state index in [2.05, 4.69) is 31.8 Å². The number of pyridine rings is 2. The molecule has 0 aliphatic rings. The number of hydrogen-bond acceptors (Lipinski definition) is 8. The second kappa shape index (κ2) is 11.2. The Bertz CT molecular complexity index is 2030. The number of nitrogens with zero attached hydrogens (tertiary/aromatic N) is 4. The molecule has 0 aliphatic heterocycles. The van der Waals surface area contributed by atoms with Crippen molar-refractivity contribution in [2.24, 2.45) is 0 Å². The van der Waals surface area contributed by atoms with Crippen molar-refractivity contribution < 1.29 is 13.2 Å². The molecule has 3 heterocycles. The third kappa shape index (κ3) is 5.76. The van der Waals surface area contributed by atoms with Crippen LogP contribution in [-0.4, -0.2) is 46.6 Å². The Kier molecular flexibility index (Phi) is 7.47. The van der Waals surface area contributed by atoms with Crippen molar-refractivity contribution in [1.29, 1.82) is 0 Å². The van der Waals surface area contributed by atoms with E-state index in [-0.39, 0.29) is 29.1 Å². The van der Waals surface area contributed by atoms with E-state index >= 15 is 0 Å². The minimum atomic E-state index is -3.41. The van der Waals surface area contributed by atoms with E-state index in [0.717, 1.165) is 6.26 Å². The summed E-state index contributed by atoms with van der Waals surface area (Å²) in [6.07, 6.45) is 4.16. The molecule has 0 unspecified atom stereocenters. The number of amides is 1. The molecule has 41 heavy (non-hydrogen) atoms. The second-order valence-corrected chi connectivity index (χ2v) is 11.0. The molecule has 11 nitrogen and oxygen atoms in total. The monoisotopic (exact) mass is 567 g/mol. The van der Waals surface area contributed by atoms with E-state index in [1.54, 1.807) is 73.9 Å². The lowest BCUT2D eigenvalue weighted by molar-refractivity contribution is 0.0940. The molecule has 1 amide bonds. The zero-order valence-electron chi connectivity index (χ0n) is 22.1. The zero-order chi connectivity index (χ0) is 29.1. The predicted octanol–water partition coefficient (Wildman–Crippen LogP) is 2.30. The average Bonchev–Trinajstić information content (AvgIpc) is 2.95. The van der Waals surface area contributed by atoms with Gasteiger partial charge in [-0.2, -0.15) is 0 Å². The highest BCUT2D eigenvalue weighted by molar-refractivity contribution is 7.88. The van der Waals surface area contributed by atoms with Gasteiger partial charge in [0.05, 0.1) is 40.9 Å². The van der Waals surface area contributed by atoms with Gasteiger partial charge in [-0.25, -0.2) is 23.1 Å². The minimum absolute atomic E-state index is 0.0291. The van der Waals surface area contributed by atoms with Gasteiger partial charge in [0.1, 0.15) is 17.2 Å². The van der Waals surface area contributed by atoms with Gasteiger partial charge in [0.2, 0.25) is 10.0 Å². The summed E-state index contributed by atoms with van der Waals surface area (Å²) in [6, 6.07) is 16.7. The third-order valence-electron chi connectivity index (χ3n) is 6.22. The van der Waals surface area contributed by atoms with Crippen LogP contribution in [0.1, 0.15) is 34.7 Å².